The molecule has 0 aliphatic carbocycles. The number of methoxy groups -OCH3 is 1. The van der Waals surface area contributed by atoms with Gasteiger partial charge in [-0.1, -0.05) is 27.7 Å². The lowest BCUT2D eigenvalue weighted by atomic mass is 10.1. The second-order valence-electron chi connectivity index (χ2n) is 5.32. The van der Waals surface area contributed by atoms with E-state index in [0.717, 1.165) is 36.8 Å². The number of nitrogens with zero attached hydrogens (tertiary/aromatic N) is 2. The highest BCUT2D eigenvalue weighted by atomic mass is 32.1. The summed E-state index contributed by atoms with van der Waals surface area (Å²) in [5, 5.41) is 1.10. The van der Waals surface area contributed by atoms with Gasteiger partial charge in [-0.3, -0.25) is 0 Å². The van der Waals surface area contributed by atoms with Crippen LogP contribution in [0.2, 0.25) is 0 Å². The van der Waals surface area contributed by atoms with Crippen molar-refractivity contribution in [2.24, 2.45) is 5.73 Å². The lowest BCUT2D eigenvalue weighted by Gasteiger charge is -2.30. The van der Waals surface area contributed by atoms with E-state index in [1.54, 1.807) is 18.4 Å². The van der Waals surface area contributed by atoms with Crippen LogP contribution in [0.4, 0.5) is 5.13 Å². The molecule has 0 atom stereocenters. The summed E-state index contributed by atoms with van der Waals surface area (Å²) in [6.45, 7) is 11.0. The van der Waals surface area contributed by atoms with E-state index in [0.29, 0.717) is 18.5 Å². The van der Waals surface area contributed by atoms with Gasteiger partial charge >= 0.3 is 0 Å². The molecule has 1 aromatic rings. The number of aromatic nitrogens is 1. The number of rotatable bonds is 9. The molecule has 0 fully saturated rings. The molecule has 0 saturated heterocycles. The predicted molar refractivity (Wildman–Crippen MR) is 87.7 cm³/mol. The Morgan fingerprint density at radius 2 is 1.95 bits per heavy atom. The molecule has 0 aromatic carbocycles. The van der Waals surface area contributed by atoms with Crippen LogP contribution in [0.15, 0.2) is 0 Å². The van der Waals surface area contributed by atoms with Crippen LogP contribution in [0.3, 0.4) is 0 Å². The van der Waals surface area contributed by atoms with E-state index in [9.17, 15) is 0 Å². The summed E-state index contributed by atoms with van der Waals surface area (Å²) >= 11 is 1.74. The van der Waals surface area contributed by atoms with Gasteiger partial charge in [0.05, 0.1) is 12.3 Å². The van der Waals surface area contributed by atoms with Crippen LogP contribution in [0.1, 0.15) is 57.0 Å². The highest BCUT2D eigenvalue weighted by Gasteiger charge is 2.21. The standard InChI is InChI=1S/C15H29N3OS/c1-6-12(7-2)18(8-9-19-5)15-17-14(11(3)4)13(10-16)20-15/h11-12H,6-10,16H2,1-5H3. The first-order valence-corrected chi connectivity index (χ1v) is 8.35. The number of ether oxygens (including phenoxy) is 1. The first-order chi connectivity index (χ1) is 9.58. The summed E-state index contributed by atoms with van der Waals surface area (Å²) < 4.78 is 5.25. The third kappa shape index (κ3) is 4.17. The zero-order valence-corrected chi connectivity index (χ0v) is 14.3. The molecular formula is C15H29N3OS. The van der Waals surface area contributed by atoms with Crippen LogP contribution in [-0.2, 0) is 11.3 Å². The van der Waals surface area contributed by atoms with Gasteiger partial charge in [-0.15, -0.1) is 11.3 Å². The lowest BCUT2D eigenvalue weighted by molar-refractivity contribution is 0.202. The van der Waals surface area contributed by atoms with Crippen molar-refractivity contribution in [3.05, 3.63) is 10.6 Å². The molecule has 5 heteroatoms. The van der Waals surface area contributed by atoms with Crippen molar-refractivity contribution >= 4 is 16.5 Å². The normalized spacial score (nSPS) is 11.6. The Morgan fingerprint density at radius 3 is 2.35 bits per heavy atom. The average molecular weight is 299 g/mol. The van der Waals surface area contributed by atoms with Crippen molar-refractivity contribution in [3.8, 4) is 0 Å². The highest BCUT2D eigenvalue weighted by molar-refractivity contribution is 7.15. The molecule has 0 aliphatic rings. The fraction of sp³-hybridized carbons (Fsp3) is 0.800. The molecule has 0 spiro atoms. The van der Waals surface area contributed by atoms with Crippen molar-refractivity contribution in [2.75, 3.05) is 25.2 Å². The molecule has 0 aliphatic heterocycles. The molecule has 0 saturated carbocycles. The van der Waals surface area contributed by atoms with Gasteiger partial charge in [0, 0.05) is 31.1 Å². The Balaban J connectivity index is 3.06. The van der Waals surface area contributed by atoms with E-state index < -0.39 is 0 Å². The van der Waals surface area contributed by atoms with Gasteiger partial charge in [0.25, 0.3) is 0 Å². The van der Waals surface area contributed by atoms with E-state index in [-0.39, 0.29) is 0 Å². The number of hydrogen-bond donors (Lipinski definition) is 1. The van der Waals surface area contributed by atoms with E-state index in [2.05, 4.69) is 32.6 Å². The van der Waals surface area contributed by atoms with Crippen molar-refractivity contribution < 1.29 is 4.74 Å². The van der Waals surface area contributed by atoms with E-state index in [4.69, 9.17) is 15.5 Å². The Labute approximate surface area is 127 Å². The third-order valence-electron chi connectivity index (χ3n) is 3.61. The van der Waals surface area contributed by atoms with Gasteiger partial charge in [-0.25, -0.2) is 4.98 Å². The minimum Gasteiger partial charge on any atom is -0.383 e. The molecule has 2 N–H and O–H groups in total. The largest absolute Gasteiger partial charge is 0.383 e. The van der Waals surface area contributed by atoms with Crippen molar-refractivity contribution in [1.29, 1.82) is 0 Å². The third-order valence-corrected chi connectivity index (χ3v) is 4.74. The lowest BCUT2D eigenvalue weighted by Crippen LogP contribution is -2.37. The van der Waals surface area contributed by atoms with Gasteiger partial charge in [-0.2, -0.15) is 0 Å². The number of nitrogens with two attached hydrogens (primary N) is 1. The summed E-state index contributed by atoms with van der Waals surface area (Å²) in [6, 6.07) is 0.516. The Hall–Kier alpha value is -0.650. The van der Waals surface area contributed by atoms with E-state index in [1.165, 1.54) is 4.88 Å². The zero-order valence-electron chi connectivity index (χ0n) is 13.5. The average Bonchev–Trinajstić information content (AvgIpc) is 2.87. The Kier molecular flexibility index (Phi) is 7.48. The molecule has 0 bridgehead atoms. The maximum atomic E-state index is 5.87. The topological polar surface area (TPSA) is 51.4 Å². The Bertz CT molecular complexity index is 388. The minimum absolute atomic E-state index is 0.421. The molecule has 4 nitrogen and oxygen atoms in total. The van der Waals surface area contributed by atoms with Gasteiger partial charge in [0.1, 0.15) is 0 Å². The number of thiazole rings is 1. The molecule has 116 valence electrons. The van der Waals surface area contributed by atoms with Crippen LogP contribution in [0, 0.1) is 0 Å². The molecule has 0 radical (unpaired) electrons. The van der Waals surface area contributed by atoms with Gasteiger partial charge in [-0.05, 0) is 18.8 Å². The van der Waals surface area contributed by atoms with Crippen LogP contribution < -0.4 is 10.6 Å². The summed E-state index contributed by atoms with van der Waals surface area (Å²) in [6.07, 6.45) is 2.24. The van der Waals surface area contributed by atoms with Crippen molar-refractivity contribution in [1.82, 2.24) is 4.98 Å². The minimum atomic E-state index is 0.421. The van der Waals surface area contributed by atoms with Gasteiger partial charge < -0.3 is 15.4 Å². The Morgan fingerprint density at radius 1 is 1.30 bits per heavy atom. The number of anilines is 1. The molecule has 1 aromatic heterocycles. The van der Waals surface area contributed by atoms with E-state index >= 15 is 0 Å². The maximum Gasteiger partial charge on any atom is 0.186 e. The zero-order chi connectivity index (χ0) is 15.1. The molecule has 0 unspecified atom stereocenters. The quantitative estimate of drug-likeness (QED) is 0.759. The molecule has 1 heterocycles. The fourth-order valence-electron chi connectivity index (χ4n) is 2.42. The summed E-state index contributed by atoms with van der Waals surface area (Å²) in [4.78, 5) is 8.46. The number of hydrogen-bond acceptors (Lipinski definition) is 5. The SMILES string of the molecule is CCC(CC)N(CCOC)c1nc(C(C)C)c(CN)s1. The first kappa shape index (κ1) is 17.4. The second kappa shape index (κ2) is 8.60. The highest BCUT2D eigenvalue weighted by Crippen LogP contribution is 2.32. The first-order valence-electron chi connectivity index (χ1n) is 7.54. The van der Waals surface area contributed by atoms with Crippen molar-refractivity contribution in [2.45, 2.75) is 59.0 Å². The van der Waals surface area contributed by atoms with Gasteiger partial charge in [0.2, 0.25) is 0 Å². The molecule has 20 heavy (non-hydrogen) atoms. The van der Waals surface area contributed by atoms with E-state index in [1.807, 2.05) is 0 Å². The fourth-order valence-corrected chi connectivity index (χ4v) is 3.62. The summed E-state index contributed by atoms with van der Waals surface area (Å²) in [5.74, 6) is 0.421. The van der Waals surface area contributed by atoms with Crippen LogP contribution >= 0.6 is 11.3 Å². The second-order valence-corrected chi connectivity index (χ2v) is 6.38. The maximum absolute atomic E-state index is 5.87. The van der Waals surface area contributed by atoms with Crippen LogP contribution in [-0.4, -0.2) is 31.3 Å². The summed E-state index contributed by atoms with van der Waals surface area (Å²) in [5.41, 5.74) is 7.02. The predicted octanol–water partition coefficient (Wildman–Crippen LogP) is 3.37. The molecular weight excluding hydrogens is 270 g/mol. The monoisotopic (exact) mass is 299 g/mol. The van der Waals surface area contributed by atoms with Crippen LogP contribution in [0.25, 0.3) is 0 Å². The van der Waals surface area contributed by atoms with Crippen molar-refractivity contribution in [3.63, 3.8) is 0 Å². The molecule has 1 rings (SSSR count). The summed E-state index contributed by atoms with van der Waals surface area (Å²) in [7, 11) is 1.75. The molecule has 0 amide bonds. The smallest absolute Gasteiger partial charge is 0.186 e. The van der Waals surface area contributed by atoms with Crippen LogP contribution in [0.5, 0.6) is 0 Å². The van der Waals surface area contributed by atoms with Gasteiger partial charge in [0.15, 0.2) is 5.13 Å².